The molecule has 5 heteroatoms. The average molecular weight is 254 g/mol. The van der Waals surface area contributed by atoms with Gasteiger partial charge in [-0.3, -0.25) is 4.79 Å². The molecule has 2 aliphatic rings. The molecule has 0 aromatic rings. The van der Waals surface area contributed by atoms with Crippen molar-refractivity contribution in [1.29, 1.82) is 0 Å². The topological polar surface area (TPSA) is 58.6 Å². The van der Waals surface area contributed by atoms with Crippen molar-refractivity contribution in [3.05, 3.63) is 0 Å². The van der Waals surface area contributed by atoms with Crippen LogP contribution in [0.25, 0.3) is 0 Å². The van der Waals surface area contributed by atoms with Crippen molar-refractivity contribution in [2.24, 2.45) is 5.92 Å². The van der Waals surface area contributed by atoms with E-state index in [1.165, 1.54) is 6.42 Å². The van der Waals surface area contributed by atoms with Gasteiger partial charge in [0.15, 0.2) is 0 Å². The molecule has 1 heterocycles. The zero-order valence-corrected chi connectivity index (χ0v) is 11.0. The van der Waals surface area contributed by atoms with Gasteiger partial charge >= 0.3 is 6.09 Å². The van der Waals surface area contributed by atoms with Crippen LogP contribution in [0.4, 0.5) is 4.79 Å². The molecule has 2 rings (SSSR count). The van der Waals surface area contributed by atoms with E-state index in [4.69, 9.17) is 4.74 Å². The van der Waals surface area contributed by atoms with E-state index >= 15 is 0 Å². The predicted octanol–water partition coefficient (Wildman–Crippen LogP) is 1.52. The van der Waals surface area contributed by atoms with Crippen LogP contribution in [0.2, 0.25) is 0 Å². The largest absolute Gasteiger partial charge is 0.450 e. The highest BCUT2D eigenvalue weighted by molar-refractivity contribution is 5.79. The first kappa shape index (κ1) is 13.2. The van der Waals surface area contributed by atoms with Gasteiger partial charge < -0.3 is 15.0 Å². The molecule has 18 heavy (non-hydrogen) atoms. The molecule has 0 radical (unpaired) electrons. The van der Waals surface area contributed by atoms with Gasteiger partial charge in [-0.1, -0.05) is 6.42 Å². The third-order valence-electron chi connectivity index (χ3n) is 3.84. The number of piperidine rings is 1. The maximum absolute atomic E-state index is 11.8. The molecule has 0 aromatic heterocycles. The molecule has 1 saturated heterocycles. The zero-order valence-electron chi connectivity index (χ0n) is 11.0. The van der Waals surface area contributed by atoms with Gasteiger partial charge in [-0.2, -0.15) is 0 Å². The van der Waals surface area contributed by atoms with Crippen molar-refractivity contribution in [1.82, 2.24) is 10.2 Å². The summed E-state index contributed by atoms with van der Waals surface area (Å²) < 4.78 is 4.96. The van der Waals surface area contributed by atoms with Crippen LogP contribution in [0.1, 0.15) is 39.0 Å². The quantitative estimate of drug-likeness (QED) is 0.830. The van der Waals surface area contributed by atoms with Crippen molar-refractivity contribution in [3.8, 4) is 0 Å². The number of likely N-dealkylation sites (tertiary alicyclic amines) is 1. The molecule has 1 N–H and O–H groups in total. The Morgan fingerprint density at radius 2 is 1.89 bits per heavy atom. The van der Waals surface area contributed by atoms with Crippen LogP contribution in [0.5, 0.6) is 0 Å². The number of carbonyl (C=O) groups is 2. The van der Waals surface area contributed by atoms with E-state index in [9.17, 15) is 9.59 Å². The second-order valence-corrected chi connectivity index (χ2v) is 5.10. The monoisotopic (exact) mass is 254 g/mol. The Kier molecular flexibility index (Phi) is 4.44. The van der Waals surface area contributed by atoms with Crippen LogP contribution in [0.15, 0.2) is 0 Å². The number of hydrogen-bond donors (Lipinski definition) is 1. The minimum Gasteiger partial charge on any atom is -0.450 e. The first-order valence-electron chi connectivity index (χ1n) is 6.92. The van der Waals surface area contributed by atoms with Crippen LogP contribution >= 0.6 is 0 Å². The number of hydrogen-bond acceptors (Lipinski definition) is 3. The maximum atomic E-state index is 11.8. The fraction of sp³-hybridized carbons (Fsp3) is 0.846. The van der Waals surface area contributed by atoms with Gasteiger partial charge in [-0.15, -0.1) is 0 Å². The molecule has 5 nitrogen and oxygen atoms in total. The third kappa shape index (κ3) is 3.15. The molecule has 0 bridgehead atoms. The third-order valence-corrected chi connectivity index (χ3v) is 3.84. The Morgan fingerprint density at radius 1 is 1.22 bits per heavy atom. The van der Waals surface area contributed by atoms with Crippen LogP contribution in [0, 0.1) is 5.92 Å². The Balaban J connectivity index is 1.69. The minimum absolute atomic E-state index is 0.204. The molecule has 102 valence electrons. The number of nitrogens with one attached hydrogen (secondary N) is 1. The second kappa shape index (κ2) is 6.07. The molecule has 1 saturated carbocycles. The van der Waals surface area contributed by atoms with Gasteiger partial charge in [0.25, 0.3) is 0 Å². The SMILES string of the molecule is CCOC(=O)N1CCC(NC(=O)C2CCC2)CC1. The Hall–Kier alpha value is -1.26. The van der Waals surface area contributed by atoms with Crippen molar-refractivity contribution in [2.45, 2.75) is 45.1 Å². The average Bonchev–Trinajstić information content (AvgIpc) is 2.27. The highest BCUT2D eigenvalue weighted by Crippen LogP contribution is 2.26. The summed E-state index contributed by atoms with van der Waals surface area (Å²) in [4.78, 5) is 25.0. The molecule has 0 atom stereocenters. The van der Waals surface area contributed by atoms with Crippen LogP contribution in [-0.4, -0.2) is 42.6 Å². The molecule has 2 amide bonds. The summed E-state index contributed by atoms with van der Waals surface area (Å²) >= 11 is 0. The number of rotatable bonds is 3. The Bertz CT molecular complexity index is 307. The van der Waals surface area contributed by atoms with Gasteiger partial charge in [0.1, 0.15) is 0 Å². The molecule has 0 aromatic carbocycles. The molecule has 1 aliphatic carbocycles. The minimum atomic E-state index is -0.235. The fourth-order valence-electron chi connectivity index (χ4n) is 2.41. The first-order chi connectivity index (χ1) is 8.70. The molecular formula is C13H22N2O3. The van der Waals surface area contributed by atoms with E-state index in [0.29, 0.717) is 19.7 Å². The van der Waals surface area contributed by atoms with E-state index in [-0.39, 0.29) is 24.0 Å². The molecule has 0 spiro atoms. The number of carbonyl (C=O) groups excluding carboxylic acids is 2. The highest BCUT2D eigenvalue weighted by Gasteiger charge is 2.29. The molecule has 0 unspecified atom stereocenters. The maximum Gasteiger partial charge on any atom is 0.409 e. The smallest absolute Gasteiger partial charge is 0.409 e. The lowest BCUT2D eigenvalue weighted by Gasteiger charge is -2.33. The number of nitrogens with zero attached hydrogens (tertiary/aromatic N) is 1. The van der Waals surface area contributed by atoms with Crippen molar-refractivity contribution < 1.29 is 14.3 Å². The Labute approximate surface area is 108 Å². The van der Waals surface area contributed by atoms with E-state index in [1.807, 2.05) is 6.92 Å². The van der Waals surface area contributed by atoms with E-state index in [0.717, 1.165) is 25.7 Å². The van der Waals surface area contributed by atoms with Gasteiger partial charge in [0.05, 0.1) is 6.61 Å². The van der Waals surface area contributed by atoms with Crippen molar-refractivity contribution in [2.75, 3.05) is 19.7 Å². The Morgan fingerprint density at radius 3 is 2.39 bits per heavy atom. The first-order valence-corrected chi connectivity index (χ1v) is 6.92. The van der Waals surface area contributed by atoms with Crippen molar-refractivity contribution >= 4 is 12.0 Å². The summed E-state index contributed by atoms with van der Waals surface area (Å²) in [5.74, 6) is 0.448. The van der Waals surface area contributed by atoms with Crippen LogP contribution in [0.3, 0.4) is 0 Å². The lowest BCUT2D eigenvalue weighted by Crippen LogP contribution is -2.48. The van der Waals surface area contributed by atoms with Crippen molar-refractivity contribution in [3.63, 3.8) is 0 Å². The summed E-state index contributed by atoms with van der Waals surface area (Å²) in [6.45, 7) is 3.57. The van der Waals surface area contributed by atoms with E-state index in [1.54, 1.807) is 4.90 Å². The fourth-order valence-corrected chi connectivity index (χ4v) is 2.41. The molecular weight excluding hydrogens is 232 g/mol. The summed E-state index contributed by atoms with van der Waals surface area (Å²) in [5, 5.41) is 3.09. The second-order valence-electron chi connectivity index (χ2n) is 5.10. The lowest BCUT2D eigenvalue weighted by molar-refractivity contribution is -0.128. The number of amides is 2. The van der Waals surface area contributed by atoms with Gasteiger partial charge in [-0.25, -0.2) is 4.79 Å². The summed E-state index contributed by atoms with van der Waals surface area (Å²) in [5.41, 5.74) is 0. The van der Waals surface area contributed by atoms with Crippen LogP contribution in [-0.2, 0) is 9.53 Å². The lowest BCUT2D eigenvalue weighted by atomic mass is 9.84. The zero-order chi connectivity index (χ0) is 13.0. The molecule has 1 aliphatic heterocycles. The van der Waals surface area contributed by atoms with E-state index < -0.39 is 0 Å². The van der Waals surface area contributed by atoms with Gasteiger partial charge in [-0.05, 0) is 32.6 Å². The summed E-state index contributed by atoms with van der Waals surface area (Å²) in [6, 6.07) is 0.226. The summed E-state index contributed by atoms with van der Waals surface area (Å²) in [6.07, 6.45) is 4.68. The number of ether oxygens (including phenoxy) is 1. The standard InChI is InChI=1S/C13H22N2O3/c1-2-18-13(17)15-8-6-11(7-9-15)14-12(16)10-4-3-5-10/h10-11H,2-9H2,1H3,(H,14,16). The summed E-state index contributed by atoms with van der Waals surface area (Å²) in [7, 11) is 0. The van der Waals surface area contributed by atoms with Gasteiger partial charge in [0.2, 0.25) is 5.91 Å². The van der Waals surface area contributed by atoms with Crippen LogP contribution < -0.4 is 5.32 Å². The molecule has 2 fully saturated rings. The normalized spacial score (nSPS) is 21.3. The highest BCUT2D eigenvalue weighted by atomic mass is 16.6. The predicted molar refractivity (Wildman–Crippen MR) is 67.1 cm³/mol. The van der Waals surface area contributed by atoms with Gasteiger partial charge in [0, 0.05) is 25.0 Å². The van der Waals surface area contributed by atoms with E-state index in [2.05, 4.69) is 5.32 Å².